The molecule has 1 unspecified atom stereocenters. The highest BCUT2D eigenvalue weighted by molar-refractivity contribution is 5.85. The summed E-state index contributed by atoms with van der Waals surface area (Å²) in [6, 6.07) is 4.09. The van der Waals surface area contributed by atoms with E-state index in [1.807, 2.05) is 18.3 Å². The van der Waals surface area contributed by atoms with Crippen molar-refractivity contribution < 1.29 is 0 Å². The van der Waals surface area contributed by atoms with Gasteiger partial charge in [0.15, 0.2) is 0 Å². The Labute approximate surface area is 86.0 Å². The molecule has 0 aromatic carbocycles. The maximum absolute atomic E-state index is 6.01. The van der Waals surface area contributed by atoms with Crippen LogP contribution in [0.25, 0.3) is 0 Å². The Morgan fingerprint density at radius 1 is 1.54 bits per heavy atom. The highest BCUT2D eigenvalue weighted by Crippen LogP contribution is 2.20. The van der Waals surface area contributed by atoms with Gasteiger partial charge in [-0.3, -0.25) is 4.98 Å². The number of pyridine rings is 1. The first-order valence-corrected chi connectivity index (χ1v) is 4.41. The van der Waals surface area contributed by atoms with Gasteiger partial charge in [0.1, 0.15) is 0 Å². The van der Waals surface area contributed by atoms with Crippen molar-refractivity contribution in [2.75, 3.05) is 0 Å². The van der Waals surface area contributed by atoms with E-state index in [1.54, 1.807) is 6.20 Å². The second kappa shape index (κ2) is 5.95. The Hall–Kier alpha value is -0.600. The number of hydrogen-bond donors (Lipinski definition) is 1. The van der Waals surface area contributed by atoms with Gasteiger partial charge in [-0.1, -0.05) is 26.3 Å². The normalized spacial score (nSPS) is 14.4. The fraction of sp³-hybridized carbons (Fsp3) is 0.500. The Morgan fingerprint density at radius 3 is 2.69 bits per heavy atom. The van der Waals surface area contributed by atoms with Crippen molar-refractivity contribution in [2.45, 2.75) is 26.3 Å². The number of halogens is 1. The fourth-order valence-corrected chi connectivity index (χ4v) is 1.16. The van der Waals surface area contributed by atoms with Crippen molar-refractivity contribution >= 4 is 12.4 Å². The van der Waals surface area contributed by atoms with Gasteiger partial charge in [0.05, 0.1) is 0 Å². The zero-order valence-electron chi connectivity index (χ0n) is 8.10. The van der Waals surface area contributed by atoms with Crippen molar-refractivity contribution in [3.8, 4) is 0 Å². The van der Waals surface area contributed by atoms with Crippen LogP contribution >= 0.6 is 12.4 Å². The molecule has 0 spiro atoms. The van der Waals surface area contributed by atoms with Crippen LogP contribution in [-0.4, -0.2) is 4.98 Å². The molecule has 0 aliphatic rings. The lowest BCUT2D eigenvalue weighted by atomic mass is 9.95. The van der Waals surface area contributed by atoms with Gasteiger partial charge in [0.2, 0.25) is 0 Å². The third kappa shape index (κ3) is 3.33. The molecule has 13 heavy (non-hydrogen) atoms. The fourth-order valence-electron chi connectivity index (χ4n) is 1.16. The molecule has 3 heteroatoms. The third-order valence-electron chi connectivity index (χ3n) is 2.33. The molecule has 0 fully saturated rings. The van der Waals surface area contributed by atoms with Crippen LogP contribution in [0, 0.1) is 5.92 Å². The van der Waals surface area contributed by atoms with Crippen LogP contribution in [0.15, 0.2) is 24.5 Å². The van der Waals surface area contributed by atoms with E-state index in [-0.39, 0.29) is 18.4 Å². The summed E-state index contributed by atoms with van der Waals surface area (Å²) >= 11 is 0. The standard InChI is InChI=1S/C10H16N2.ClH/c1-3-8(2)10(11)9-5-4-6-12-7-9;/h4-8,10H,3,11H2,1-2H3;1H/t8?,10-;/m0./s1. The summed E-state index contributed by atoms with van der Waals surface area (Å²) in [5.41, 5.74) is 7.14. The van der Waals surface area contributed by atoms with Crippen molar-refractivity contribution in [1.82, 2.24) is 4.98 Å². The quantitative estimate of drug-likeness (QED) is 0.815. The van der Waals surface area contributed by atoms with Crippen molar-refractivity contribution in [3.63, 3.8) is 0 Å². The number of nitrogens with zero attached hydrogens (tertiary/aromatic N) is 1. The Balaban J connectivity index is 0.00000144. The summed E-state index contributed by atoms with van der Waals surface area (Å²) < 4.78 is 0. The summed E-state index contributed by atoms with van der Waals surface area (Å²) in [6.45, 7) is 4.32. The summed E-state index contributed by atoms with van der Waals surface area (Å²) in [6.07, 6.45) is 4.72. The molecule has 0 bridgehead atoms. The van der Waals surface area contributed by atoms with E-state index >= 15 is 0 Å². The molecule has 74 valence electrons. The molecule has 1 heterocycles. The minimum absolute atomic E-state index is 0. The van der Waals surface area contributed by atoms with Crippen LogP contribution in [0.3, 0.4) is 0 Å². The molecular formula is C10H17ClN2. The zero-order chi connectivity index (χ0) is 8.97. The molecule has 1 rings (SSSR count). The van der Waals surface area contributed by atoms with E-state index in [2.05, 4.69) is 18.8 Å². The van der Waals surface area contributed by atoms with Gasteiger partial charge in [-0.15, -0.1) is 12.4 Å². The SMILES string of the molecule is CCC(C)[C@H](N)c1cccnc1.Cl. The smallest absolute Gasteiger partial charge is 0.0336 e. The van der Waals surface area contributed by atoms with Crippen LogP contribution in [0.1, 0.15) is 31.9 Å². The van der Waals surface area contributed by atoms with Crippen LogP contribution in [-0.2, 0) is 0 Å². The minimum Gasteiger partial charge on any atom is -0.324 e. The van der Waals surface area contributed by atoms with Gasteiger partial charge in [-0.25, -0.2) is 0 Å². The molecule has 0 saturated carbocycles. The molecular weight excluding hydrogens is 184 g/mol. The average molecular weight is 201 g/mol. The van der Waals surface area contributed by atoms with Crippen molar-refractivity contribution in [1.29, 1.82) is 0 Å². The second-order valence-electron chi connectivity index (χ2n) is 3.20. The first kappa shape index (κ1) is 12.4. The van der Waals surface area contributed by atoms with Gasteiger partial charge >= 0.3 is 0 Å². The molecule has 0 saturated heterocycles. The molecule has 0 radical (unpaired) electrons. The van der Waals surface area contributed by atoms with Crippen LogP contribution in [0.5, 0.6) is 0 Å². The second-order valence-corrected chi connectivity index (χ2v) is 3.20. The van der Waals surface area contributed by atoms with Crippen molar-refractivity contribution in [3.05, 3.63) is 30.1 Å². The van der Waals surface area contributed by atoms with Gasteiger partial charge in [-0.05, 0) is 17.5 Å². The summed E-state index contributed by atoms with van der Waals surface area (Å²) in [5, 5.41) is 0. The number of aromatic nitrogens is 1. The topological polar surface area (TPSA) is 38.9 Å². The highest BCUT2D eigenvalue weighted by Gasteiger charge is 2.12. The third-order valence-corrected chi connectivity index (χ3v) is 2.33. The van der Waals surface area contributed by atoms with Gasteiger partial charge in [0.25, 0.3) is 0 Å². The van der Waals surface area contributed by atoms with Crippen LogP contribution < -0.4 is 5.73 Å². The highest BCUT2D eigenvalue weighted by atomic mass is 35.5. The Morgan fingerprint density at radius 2 is 2.23 bits per heavy atom. The van der Waals surface area contributed by atoms with Gasteiger partial charge < -0.3 is 5.73 Å². The summed E-state index contributed by atoms with van der Waals surface area (Å²) in [4.78, 5) is 4.04. The van der Waals surface area contributed by atoms with E-state index < -0.39 is 0 Å². The lowest BCUT2D eigenvalue weighted by molar-refractivity contribution is 0.456. The number of hydrogen-bond acceptors (Lipinski definition) is 2. The first-order valence-electron chi connectivity index (χ1n) is 4.41. The van der Waals surface area contributed by atoms with Gasteiger partial charge in [0, 0.05) is 18.4 Å². The molecule has 0 aliphatic carbocycles. The van der Waals surface area contributed by atoms with E-state index in [4.69, 9.17) is 5.73 Å². The summed E-state index contributed by atoms with van der Waals surface area (Å²) in [5.74, 6) is 0.522. The predicted octanol–water partition coefficient (Wildman–Crippen LogP) is 2.55. The lowest BCUT2D eigenvalue weighted by Crippen LogP contribution is -2.18. The number of nitrogens with two attached hydrogens (primary N) is 1. The molecule has 2 nitrogen and oxygen atoms in total. The van der Waals surface area contributed by atoms with E-state index in [0.29, 0.717) is 5.92 Å². The summed E-state index contributed by atoms with van der Waals surface area (Å²) in [7, 11) is 0. The van der Waals surface area contributed by atoms with Crippen LogP contribution in [0.2, 0.25) is 0 Å². The first-order chi connectivity index (χ1) is 5.75. The van der Waals surface area contributed by atoms with E-state index in [9.17, 15) is 0 Å². The molecule has 0 aliphatic heterocycles. The Bertz CT molecular complexity index is 226. The average Bonchev–Trinajstić information content (AvgIpc) is 2.17. The molecule has 1 aromatic rings. The molecule has 0 amide bonds. The zero-order valence-corrected chi connectivity index (χ0v) is 8.92. The maximum Gasteiger partial charge on any atom is 0.0336 e. The van der Waals surface area contributed by atoms with Crippen molar-refractivity contribution in [2.24, 2.45) is 11.7 Å². The Kier molecular flexibility index (Phi) is 5.67. The maximum atomic E-state index is 6.01. The predicted molar refractivity (Wildman–Crippen MR) is 57.9 cm³/mol. The minimum atomic E-state index is 0. The molecule has 2 N–H and O–H groups in total. The van der Waals surface area contributed by atoms with Gasteiger partial charge in [-0.2, -0.15) is 0 Å². The lowest BCUT2D eigenvalue weighted by Gasteiger charge is -2.17. The number of rotatable bonds is 3. The van der Waals surface area contributed by atoms with E-state index in [1.165, 1.54) is 0 Å². The molecule has 2 atom stereocenters. The van der Waals surface area contributed by atoms with Crippen LogP contribution in [0.4, 0.5) is 0 Å². The molecule has 1 aromatic heterocycles. The van der Waals surface area contributed by atoms with E-state index in [0.717, 1.165) is 12.0 Å². The monoisotopic (exact) mass is 200 g/mol. The largest absolute Gasteiger partial charge is 0.324 e.